The fourth-order valence-electron chi connectivity index (χ4n) is 1.83. The van der Waals surface area contributed by atoms with Crippen molar-refractivity contribution in [2.75, 3.05) is 18.0 Å². The largest absolute Gasteiger partial charge is 0.369 e. The lowest BCUT2D eigenvalue weighted by atomic mass is 10.1. The Morgan fingerprint density at radius 3 is 2.67 bits per heavy atom. The van der Waals surface area contributed by atoms with E-state index in [1.54, 1.807) is 0 Å². The maximum Gasteiger partial charge on any atom is 0.0640 e. The van der Waals surface area contributed by atoms with Crippen molar-refractivity contribution in [1.29, 1.82) is 5.26 Å². The number of alkyl halides is 1. The number of hydrogen-bond donors (Lipinski definition) is 0. The summed E-state index contributed by atoms with van der Waals surface area (Å²) in [4.78, 5) is 2.25. The van der Waals surface area contributed by atoms with E-state index in [2.05, 4.69) is 46.8 Å². The smallest absolute Gasteiger partial charge is 0.0640 e. The molecular weight excluding hydrogens is 312 g/mol. The molecule has 0 aliphatic carbocycles. The van der Waals surface area contributed by atoms with E-state index < -0.39 is 0 Å². The summed E-state index contributed by atoms with van der Waals surface area (Å²) in [5.41, 5.74) is 2.23. The molecule has 2 nitrogen and oxygen atoms in total. The Morgan fingerprint density at radius 1 is 1.44 bits per heavy atom. The average molecular weight is 330 g/mol. The van der Waals surface area contributed by atoms with E-state index in [0.717, 1.165) is 28.8 Å². The first-order valence-electron chi connectivity index (χ1n) is 6.04. The van der Waals surface area contributed by atoms with Gasteiger partial charge in [0, 0.05) is 23.4 Å². The van der Waals surface area contributed by atoms with Crippen LogP contribution < -0.4 is 4.90 Å². The van der Waals surface area contributed by atoms with Gasteiger partial charge in [-0.05, 0) is 39.5 Å². The zero-order valence-corrected chi connectivity index (χ0v) is 13.1. The van der Waals surface area contributed by atoms with Crippen LogP contribution in [0.15, 0.2) is 22.7 Å². The maximum atomic E-state index is 8.74. The summed E-state index contributed by atoms with van der Waals surface area (Å²) < 4.78 is 1.04. The second kappa shape index (κ2) is 7.66. The molecule has 1 aromatic carbocycles. The van der Waals surface area contributed by atoms with E-state index >= 15 is 0 Å². The van der Waals surface area contributed by atoms with Crippen LogP contribution in [0.2, 0.25) is 0 Å². The minimum Gasteiger partial charge on any atom is -0.369 e. The van der Waals surface area contributed by atoms with Crippen molar-refractivity contribution in [3.05, 3.63) is 28.2 Å². The molecule has 0 heterocycles. The summed E-state index contributed by atoms with van der Waals surface area (Å²) in [7, 11) is 0. The van der Waals surface area contributed by atoms with Crippen LogP contribution in [0.4, 0.5) is 5.69 Å². The zero-order valence-electron chi connectivity index (χ0n) is 10.8. The van der Waals surface area contributed by atoms with Gasteiger partial charge in [-0.15, -0.1) is 11.6 Å². The second-order valence-corrected chi connectivity index (χ2v) is 5.79. The van der Waals surface area contributed by atoms with E-state index in [-0.39, 0.29) is 0 Å². The molecule has 0 saturated carbocycles. The number of halogens is 2. The number of anilines is 1. The fourth-order valence-corrected chi connectivity index (χ4v) is 2.67. The van der Waals surface area contributed by atoms with Crippen LogP contribution in [0, 0.1) is 17.2 Å². The van der Waals surface area contributed by atoms with E-state index in [4.69, 9.17) is 16.9 Å². The number of benzene rings is 1. The average Bonchev–Trinajstić information content (AvgIpc) is 2.34. The quantitative estimate of drug-likeness (QED) is 0.715. The molecule has 0 amide bonds. The maximum absolute atomic E-state index is 8.74. The van der Waals surface area contributed by atoms with Gasteiger partial charge >= 0.3 is 0 Å². The molecule has 0 aromatic heterocycles. The first-order valence-corrected chi connectivity index (χ1v) is 7.37. The predicted molar refractivity (Wildman–Crippen MR) is 81.0 cm³/mol. The van der Waals surface area contributed by atoms with Gasteiger partial charge in [-0.3, -0.25) is 0 Å². The summed E-state index contributed by atoms with van der Waals surface area (Å²) in [6.45, 7) is 6.06. The zero-order chi connectivity index (χ0) is 13.5. The molecule has 98 valence electrons. The highest BCUT2D eigenvalue weighted by Gasteiger charge is 2.12. The molecule has 0 aliphatic heterocycles. The summed E-state index contributed by atoms with van der Waals surface area (Å²) in [6.07, 6.45) is 0.538. The highest BCUT2D eigenvalue weighted by atomic mass is 79.9. The van der Waals surface area contributed by atoms with Gasteiger partial charge < -0.3 is 4.90 Å². The number of nitrogens with zero attached hydrogens (tertiary/aromatic N) is 2. The lowest BCUT2D eigenvalue weighted by Crippen LogP contribution is -2.28. The third-order valence-corrected chi connectivity index (χ3v) is 3.53. The Labute approximate surface area is 123 Å². The lowest BCUT2D eigenvalue weighted by molar-refractivity contribution is 0.611. The Kier molecular flexibility index (Phi) is 6.52. The molecule has 18 heavy (non-hydrogen) atoms. The van der Waals surface area contributed by atoms with Crippen LogP contribution in [-0.4, -0.2) is 13.1 Å². The summed E-state index contributed by atoms with van der Waals surface area (Å²) in [5, 5.41) is 8.74. The van der Waals surface area contributed by atoms with Crippen LogP contribution in [0.1, 0.15) is 25.8 Å². The Morgan fingerprint density at radius 2 is 2.17 bits per heavy atom. The van der Waals surface area contributed by atoms with Crippen LogP contribution in [-0.2, 0) is 5.88 Å². The highest BCUT2D eigenvalue weighted by Crippen LogP contribution is 2.28. The minimum atomic E-state index is 0.515. The van der Waals surface area contributed by atoms with Crippen molar-refractivity contribution in [2.45, 2.75) is 26.1 Å². The molecule has 0 saturated heterocycles. The molecule has 0 aliphatic rings. The topological polar surface area (TPSA) is 27.0 Å². The van der Waals surface area contributed by atoms with E-state index in [9.17, 15) is 0 Å². The summed E-state index contributed by atoms with van der Waals surface area (Å²) >= 11 is 9.41. The molecule has 0 atom stereocenters. The van der Waals surface area contributed by atoms with Crippen LogP contribution >= 0.6 is 27.5 Å². The van der Waals surface area contributed by atoms with Crippen LogP contribution in [0.3, 0.4) is 0 Å². The van der Waals surface area contributed by atoms with E-state index in [0.29, 0.717) is 18.2 Å². The molecular formula is C14H18BrClN2. The van der Waals surface area contributed by atoms with Gasteiger partial charge in [0.15, 0.2) is 0 Å². The molecule has 0 radical (unpaired) electrons. The Bertz CT molecular complexity index is 426. The van der Waals surface area contributed by atoms with Gasteiger partial charge in [0.25, 0.3) is 0 Å². The predicted octanol–water partition coefficient (Wildman–Crippen LogP) is 4.56. The first kappa shape index (κ1) is 15.3. The highest BCUT2D eigenvalue weighted by molar-refractivity contribution is 9.10. The van der Waals surface area contributed by atoms with Crippen LogP contribution in [0.25, 0.3) is 0 Å². The van der Waals surface area contributed by atoms with Crippen molar-refractivity contribution in [3.8, 4) is 6.07 Å². The SMILES string of the molecule is CC(C)CN(CCC#N)c1ccc(CCl)cc1Br. The normalized spacial score (nSPS) is 10.4. The van der Waals surface area contributed by atoms with Crippen molar-refractivity contribution >= 4 is 33.2 Å². The minimum absolute atomic E-state index is 0.515. The van der Waals surface area contributed by atoms with Gasteiger partial charge in [0.2, 0.25) is 0 Å². The molecule has 0 N–H and O–H groups in total. The monoisotopic (exact) mass is 328 g/mol. The van der Waals surface area contributed by atoms with Crippen LogP contribution in [0.5, 0.6) is 0 Å². The van der Waals surface area contributed by atoms with Crippen molar-refractivity contribution < 1.29 is 0 Å². The number of rotatable bonds is 6. The Balaban J connectivity index is 2.93. The summed E-state index contributed by atoms with van der Waals surface area (Å²) in [5.74, 6) is 1.07. The van der Waals surface area contributed by atoms with E-state index in [1.807, 2.05) is 12.1 Å². The van der Waals surface area contributed by atoms with Gasteiger partial charge in [-0.2, -0.15) is 5.26 Å². The molecule has 4 heteroatoms. The number of nitriles is 1. The third kappa shape index (κ3) is 4.51. The van der Waals surface area contributed by atoms with Gasteiger partial charge in [0.1, 0.15) is 0 Å². The van der Waals surface area contributed by atoms with Gasteiger partial charge in [0.05, 0.1) is 18.2 Å². The summed E-state index contributed by atoms with van der Waals surface area (Å²) in [6, 6.07) is 8.35. The van der Waals surface area contributed by atoms with Crippen molar-refractivity contribution in [3.63, 3.8) is 0 Å². The molecule has 0 spiro atoms. The first-order chi connectivity index (χ1) is 8.58. The Hall–Kier alpha value is -0.720. The second-order valence-electron chi connectivity index (χ2n) is 4.67. The molecule has 1 rings (SSSR count). The molecule has 0 bridgehead atoms. The van der Waals surface area contributed by atoms with E-state index in [1.165, 1.54) is 0 Å². The van der Waals surface area contributed by atoms with Gasteiger partial charge in [-0.25, -0.2) is 0 Å². The lowest BCUT2D eigenvalue weighted by Gasteiger charge is -2.27. The number of hydrogen-bond acceptors (Lipinski definition) is 2. The standard InChI is InChI=1S/C14H18BrClN2/c1-11(2)10-18(7-3-6-17)14-5-4-12(9-16)8-13(14)15/h4-5,8,11H,3,7,9-10H2,1-2H3. The molecule has 0 fully saturated rings. The van der Waals surface area contributed by atoms with Crippen molar-refractivity contribution in [2.24, 2.45) is 5.92 Å². The molecule has 1 aromatic rings. The van der Waals surface area contributed by atoms with Gasteiger partial charge in [-0.1, -0.05) is 19.9 Å². The van der Waals surface area contributed by atoms with Crippen molar-refractivity contribution in [1.82, 2.24) is 0 Å². The molecule has 0 unspecified atom stereocenters. The fraction of sp³-hybridized carbons (Fsp3) is 0.500. The third-order valence-electron chi connectivity index (χ3n) is 2.59.